The summed E-state index contributed by atoms with van der Waals surface area (Å²) in [6.45, 7) is 2.01. The Morgan fingerprint density at radius 1 is 1.27 bits per heavy atom. The molecule has 1 aromatic heterocycles. The zero-order valence-corrected chi connectivity index (χ0v) is 9.04. The van der Waals surface area contributed by atoms with Crippen LogP contribution in [0.4, 0.5) is 0 Å². The highest BCUT2D eigenvalue weighted by Crippen LogP contribution is 2.33. The summed E-state index contributed by atoms with van der Waals surface area (Å²) in [5, 5.41) is 9.53. The number of hydrogen-bond donors (Lipinski definition) is 1. The molecule has 0 atom stereocenters. The van der Waals surface area contributed by atoms with E-state index in [9.17, 15) is 9.90 Å². The van der Waals surface area contributed by atoms with Gasteiger partial charge in [-0.3, -0.25) is 4.79 Å². The maximum atomic E-state index is 10.9. The van der Waals surface area contributed by atoms with E-state index in [2.05, 4.69) is 0 Å². The van der Waals surface area contributed by atoms with Crippen molar-refractivity contribution < 1.29 is 9.90 Å². The Morgan fingerprint density at radius 3 is 2.67 bits per heavy atom. The number of benzene rings is 1. The van der Waals surface area contributed by atoms with Crippen LogP contribution >= 0.6 is 11.3 Å². The normalized spacial score (nSPS) is 10.2. The van der Waals surface area contributed by atoms with Gasteiger partial charge in [0, 0.05) is 15.3 Å². The van der Waals surface area contributed by atoms with Crippen LogP contribution in [0.15, 0.2) is 30.3 Å². The number of hydrogen-bond acceptors (Lipinski definition) is 3. The molecule has 0 fully saturated rings. The van der Waals surface area contributed by atoms with Crippen LogP contribution < -0.4 is 0 Å². The molecule has 2 nitrogen and oxygen atoms in total. The van der Waals surface area contributed by atoms with E-state index in [0.717, 1.165) is 10.4 Å². The lowest BCUT2D eigenvalue weighted by atomic mass is 10.1. The van der Waals surface area contributed by atoms with Crippen LogP contribution in [0, 0.1) is 6.92 Å². The van der Waals surface area contributed by atoms with E-state index in [1.54, 1.807) is 17.4 Å². The van der Waals surface area contributed by atoms with Gasteiger partial charge in [0.05, 0.1) is 5.56 Å². The molecule has 1 heterocycles. The molecule has 0 aliphatic rings. The number of rotatable bonds is 2. The van der Waals surface area contributed by atoms with Crippen molar-refractivity contribution in [1.29, 1.82) is 0 Å². The Labute approximate surface area is 91.8 Å². The molecule has 0 spiro atoms. The molecule has 76 valence electrons. The summed E-state index contributed by atoms with van der Waals surface area (Å²) < 4.78 is 0. The highest BCUT2D eigenvalue weighted by Gasteiger charge is 2.09. The van der Waals surface area contributed by atoms with Crippen LogP contribution in [-0.2, 0) is 0 Å². The van der Waals surface area contributed by atoms with E-state index < -0.39 is 0 Å². The van der Waals surface area contributed by atoms with E-state index in [-0.39, 0.29) is 5.75 Å². The number of carbonyl (C=O) groups excluding carboxylic acids is 1. The topological polar surface area (TPSA) is 37.3 Å². The number of aromatic hydroxyl groups is 1. The summed E-state index contributed by atoms with van der Waals surface area (Å²) in [5.41, 5.74) is 1.16. The molecule has 0 radical (unpaired) electrons. The largest absolute Gasteiger partial charge is 0.507 e. The molecule has 15 heavy (non-hydrogen) atoms. The molecule has 1 aromatic carbocycles. The zero-order valence-electron chi connectivity index (χ0n) is 8.23. The molecule has 0 aliphatic heterocycles. The van der Waals surface area contributed by atoms with Crippen LogP contribution in [0.2, 0.25) is 0 Å². The van der Waals surface area contributed by atoms with E-state index in [1.165, 1.54) is 10.9 Å². The van der Waals surface area contributed by atoms with Crippen molar-refractivity contribution >= 4 is 17.6 Å². The van der Waals surface area contributed by atoms with E-state index >= 15 is 0 Å². The fourth-order valence-electron chi connectivity index (χ4n) is 1.47. The monoisotopic (exact) mass is 218 g/mol. The molecule has 0 bridgehead atoms. The Balaban J connectivity index is 2.62. The number of phenols is 1. The molecule has 2 rings (SSSR count). The van der Waals surface area contributed by atoms with Crippen molar-refractivity contribution in [2.75, 3.05) is 0 Å². The second-order valence-electron chi connectivity index (χ2n) is 3.27. The van der Waals surface area contributed by atoms with Gasteiger partial charge in [0.15, 0.2) is 6.29 Å². The van der Waals surface area contributed by atoms with Crippen molar-refractivity contribution in [1.82, 2.24) is 0 Å². The number of aryl methyl sites for hydroxylation is 1. The third-order valence-electron chi connectivity index (χ3n) is 2.21. The van der Waals surface area contributed by atoms with Gasteiger partial charge in [0.2, 0.25) is 0 Å². The van der Waals surface area contributed by atoms with Crippen molar-refractivity contribution in [3.05, 3.63) is 40.8 Å². The second kappa shape index (κ2) is 3.87. The zero-order chi connectivity index (χ0) is 10.8. The first-order valence-corrected chi connectivity index (χ1v) is 5.38. The maximum Gasteiger partial charge on any atom is 0.154 e. The quantitative estimate of drug-likeness (QED) is 0.786. The summed E-state index contributed by atoms with van der Waals surface area (Å²) >= 11 is 1.61. The molecule has 3 heteroatoms. The molecule has 0 saturated heterocycles. The molecule has 0 saturated carbocycles. The fraction of sp³-hybridized carbons (Fsp3) is 0.0833. The van der Waals surface area contributed by atoms with Gasteiger partial charge in [0.1, 0.15) is 5.75 Å². The number of carbonyl (C=O) groups is 1. The summed E-state index contributed by atoms with van der Waals surface area (Å²) in [4.78, 5) is 13.1. The second-order valence-corrected chi connectivity index (χ2v) is 4.55. The Morgan fingerprint density at radius 2 is 2.07 bits per heavy atom. The average molecular weight is 218 g/mol. The average Bonchev–Trinajstić information content (AvgIpc) is 2.64. The predicted octanol–water partition coefficient (Wildman–Crippen LogP) is 3.24. The summed E-state index contributed by atoms with van der Waals surface area (Å²) in [6.07, 6.45) is 0.694. The summed E-state index contributed by atoms with van der Waals surface area (Å²) in [5.74, 6) is 0.0357. The lowest BCUT2D eigenvalue weighted by molar-refractivity contribution is 0.112. The van der Waals surface area contributed by atoms with Crippen LogP contribution in [0.3, 0.4) is 0 Å². The van der Waals surface area contributed by atoms with Crippen LogP contribution in [0.25, 0.3) is 10.4 Å². The Kier molecular flexibility index (Phi) is 2.56. The standard InChI is InChI=1S/C12H10O2S/c1-8-5-6-12(15-8)9-3-2-4-11(14)10(9)7-13/h2-7,14H,1H3. The minimum atomic E-state index is 0.0357. The first kappa shape index (κ1) is 9.93. The molecule has 0 amide bonds. The molecule has 2 aromatic rings. The number of aldehydes is 1. The highest BCUT2D eigenvalue weighted by molar-refractivity contribution is 7.15. The molecular weight excluding hydrogens is 208 g/mol. The Bertz CT molecular complexity index is 500. The summed E-state index contributed by atoms with van der Waals surface area (Å²) in [6, 6.07) is 9.07. The SMILES string of the molecule is Cc1ccc(-c2cccc(O)c2C=O)s1. The Hall–Kier alpha value is -1.61. The van der Waals surface area contributed by atoms with Crippen LogP contribution in [-0.4, -0.2) is 11.4 Å². The van der Waals surface area contributed by atoms with Crippen molar-refractivity contribution in [3.63, 3.8) is 0 Å². The highest BCUT2D eigenvalue weighted by atomic mass is 32.1. The van der Waals surface area contributed by atoms with E-state index in [1.807, 2.05) is 25.1 Å². The maximum absolute atomic E-state index is 10.9. The third kappa shape index (κ3) is 1.78. The van der Waals surface area contributed by atoms with Gasteiger partial charge < -0.3 is 5.11 Å². The van der Waals surface area contributed by atoms with Crippen LogP contribution in [0.5, 0.6) is 5.75 Å². The van der Waals surface area contributed by atoms with Crippen molar-refractivity contribution in [2.45, 2.75) is 6.92 Å². The third-order valence-corrected chi connectivity index (χ3v) is 3.24. The van der Waals surface area contributed by atoms with Gasteiger partial charge in [0.25, 0.3) is 0 Å². The number of phenolic OH excluding ortho intramolecular Hbond substituents is 1. The van der Waals surface area contributed by atoms with E-state index in [0.29, 0.717) is 11.8 Å². The molecule has 1 N–H and O–H groups in total. The van der Waals surface area contributed by atoms with E-state index in [4.69, 9.17) is 0 Å². The van der Waals surface area contributed by atoms with Crippen molar-refractivity contribution in [3.8, 4) is 16.2 Å². The van der Waals surface area contributed by atoms with Gasteiger partial charge in [-0.25, -0.2) is 0 Å². The summed E-state index contributed by atoms with van der Waals surface area (Å²) in [7, 11) is 0. The minimum Gasteiger partial charge on any atom is -0.507 e. The van der Waals surface area contributed by atoms with Crippen molar-refractivity contribution in [2.24, 2.45) is 0 Å². The smallest absolute Gasteiger partial charge is 0.154 e. The number of thiophene rings is 1. The van der Waals surface area contributed by atoms with Gasteiger partial charge in [-0.2, -0.15) is 0 Å². The molecular formula is C12H10O2S. The molecule has 0 aliphatic carbocycles. The lowest BCUT2D eigenvalue weighted by Crippen LogP contribution is -1.85. The van der Waals surface area contributed by atoms with Gasteiger partial charge in [-0.05, 0) is 25.1 Å². The van der Waals surface area contributed by atoms with Gasteiger partial charge >= 0.3 is 0 Å². The predicted molar refractivity (Wildman–Crippen MR) is 61.5 cm³/mol. The minimum absolute atomic E-state index is 0.0357. The fourth-order valence-corrected chi connectivity index (χ4v) is 2.38. The van der Waals surface area contributed by atoms with Gasteiger partial charge in [-0.15, -0.1) is 11.3 Å². The van der Waals surface area contributed by atoms with Crippen LogP contribution in [0.1, 0.15) is 15.2 Å². The van der Waals surface area contributed by atoms with Gasteiger partial charge in [-0.1, -0.05) is 12.1 Å². The lowest BCUT2D eigenvalue weighted by Gasteiger charge is -2.03. The first-order chi connectivity index (χ1) is 7.22. The first-order valence-electron chi connectivity index (χ1n) is 4.56. The molecule has 0 unspecified atom stereocenters.